The molecule has 0 heterocycles. The van der Waals surface area contributed by atoms with Crippen LogP contribution in [0.1, 0.15) is 73.6 Å². The van der Waals surface area contributed by atoms with E-state index in [0.29, 0.717) is 24.3 Å². The minimum absolute atomic E-state index is 0.226. The van der Waals surface area contributed by atoms with E-state index in [1.807, 2.05) is 32.1 Å². The molecule has 0 saturated carbocycles. The number of amides is 1. The van der Waals surface area contributed by atoms with Crippen molar-refractivity contribution in [2.24, 2.45) is 5.41 Å². The molecule has 5 heteroatoms. The van der Waals surface area contributed by atoms with Crippen molar-refractivity contribution in [2.75, 3.05) is 12.4 Å². The molecule has 0 aromatic heterocycles. The average Bonchev–Trinajstić information content (AvgIpc) is 2.78. The molecule has 1 aromatic rings. The molecule has 1 aliphatic rings. The predicted octanol–water partition coefficient (Wildman–Crippen LogP) is 7.87. The van der Waals surface area contributed by atoms with Gasteiger partial charge in [-0.2, -0.15) is 0 Å². The lowest BCUT2D eigenvalue weighted by atomic mass is 9.72. The highest BCUT2D eigenvalue weighted by Crippen LogP contribution is 2.40. The van der Waals surface area contributed by atoms with Crippen molar-refractivity contribution in [2.45, 2.75) is 73.6 Å². The van der Waals surface area contributed by atoms with Crippen LogP contribution in [0.25, 0.3) is 0 Å². The summed E-state index contributed by atoms with van der Waals surface area (Å²) in [7, 11) is 1.50. The maximum atomic E-state index is 12.5. The highest BCUT2D eigenvalue weighted by Gasteiger charge is 2.26. The highest BCUT2D eigenvalue weighted by molar-refractivity contribution is 6.00. The highest BCUT2D eigenvalue weighted by atomic mass is 16.6. The largest absolute Gasteiger partial charge is 0.493 e. The zero-order valence-corrected chi connectivity index (χ0v) is 22.9. The molecule has 2 rings (SSSR count). The smallest absolute Gasteiger partial charge is 0.311 e. The van der Waals surface area contributed by atoms with Crippen LogP contribution in [0, 0.1) is 5.41 Å². The first kappa shape index (κ1) is 28.9. The van der Waals surface area contributed by atoms with Crippen LogP contribution in [0.4, 0.5) is 5.69 Å². The van der Waals surface area contributed by atoms with E-state index in [1.165, 1.54) is 43.6 Å². The third kappa shape index (κ3) is 9.03. The number of nitrogens with one attached hydrogen (secondary N) is 1. The molecule has 5 nitrogen and oxygen atoms in total. The van der Waals surface area contributed by atoms with E-state index >= 15 is 0 Å². The fourth-order valence-electron chi connectivity index (χ4n) is 4.28. The van der Waals surface area contributed by atoms with E-state index in [2.05, 4.69) is 45.2 Å². The van der Waals surface area contributed by atoms with Crippen LogP contribution in [0.3, 0.4) is 0 Å². The van der Waals surface area contributed by atoms with Gasteiger partial charge in [0.1, 0.15) is 0 Å². The van der Waals surface area contributed by atoms with E-state index in [0.717, 1.165) is 11.1 Å². The number of carbonyl (C=O) groups is 2. The molecule has 0 atom stereocenters. The second kappa shape index (κ2) is 13.7. The predicted molar refractivity (Wildman–Crippen MR) is 148 cm³/mol. The first-order valence-corrected chi connectivity index (χ1v) is 12.7. The number of carbonyl (C=O) groups excluding carboxylic acids is 2. The van der Waals surface area contributed by atoms with E-state index in [1.54, 1.807) is 18.2 Å². The van der Waals surface area contributed by atoms with Crippen LogP contribution in [0.5, 0.6) is 11.5 Å². The van der Waals surface area contributed by atoms with Crippen LogP contribution in [-0.4, -0.2) is 19.0 Å². The standard InChI is InChI=1S/C31H41NO4/c1-8-11-30(34)36-28-21-25(16-18-27(28)35-7)32-29(33)20-23(3)13-9-12-22(2)15-17-26-24(4)14-10-19-31(26,5)6/h9,12-13,15-18,20-21H,8,10-11,14,19H2,1-7H3,(H,32,33). The molecule has 194 valence electrons. The molecule has 0 spiro atoms. The van der Waals surface area contributed by atoms with Gasteiger partial charge < -0.3 is 14.8 Å². The zero-order chi connectivity index (χ0) is 26.7. The lowest BCUT2D eigenvalue weighted by molar-refractivity contribution is -0.134. The van der Waals surface area contributed by atoms with Gasteiger partial charge in [0, 0.05) is 24.3 Å². The summed E-state index contributed by atoms with van der Waals surface area (Å²) in [6.45, 7) is 12.7. The Morgan fingerprint density at radius 3 is 2.53 bits per heavy atom. The second-order valence-electron chi connectivity index (χ2n) is 10.0. The minimum atomic E-state index is -0.340. The molecule has 1 aliphatic carbocycles. The molecule has 1 aromatic carbocycles. The van der Waals surface area contributed by atoms with Crippen molar-refractivity contribution in [3.05, 3.63) is 76.9 Å². The number of benzene rings is 1. The number of allylic oxidation sites excluding steroid dienone is 9. The van der Waals surface area contributed by atoms with Crippen LogP contribution in [0.2, 0.25) is 0 Å². The van der Waals surface area contributed by atoms with Gasteiger partial charge in [-0.15, -0.1) is 0 Å². The molecular formula is C31H41NO4. The van der Waals surface area contributed by atoms with Crippen molar-refractivity contribution in [1.82, 2.24) is 0 Å². The molecule has 36 heavy (non-hydrogen) atoms. The molecule has 0 aliphatic heterocycles. The Bertz CT molecular complexity index is 1100. The average molecular weight is 492 g/mol. The van der Waals surface area contributed by atoms with Crippen molar-refractivity contribution >= 4 is 17.6 Å². The van der Waals surface area contributed by atoms with Crippen molar-refractivity contribution in [1.29, 1.82) is 0 Å². The molecule has 0 radical (unpaired) electrons. The summed E-state index contributed by atoms with van der Waals surface area (Å²) < 4.78 is 10.6. The SMILES string of the molecule is CCCC(=O)Oc1cc(NC(=O)C=C(C)C=CC=C(C)C=CC2=C(C)CCCC2(C)C)ccc1OC. The topological polar surface area (TPSA) is 64.6 Å². The normalized spacial score (nSPS) is 16.5. The Morgan fingerprint density at radius 2 is 1.86 bits per heavy atom. The summed E-state index contributed by atoms with van der Waals surface area (Å²) in [6.07, 6.45) is 16.5. The Hall–Kier alpha value is -3.34. The van der Waals surface area contributed by atoms with Crippen LogP contribution < -0.4 is 14.8 Å². The molecule has 0 unspecified atom stereocenters. The molecular weight excluding hydrogens is 450 g/mol. The van der Waals surface area contributed by atoms with Gasteiger partial charge in [-0.05, 0) is 75.1 Å². The number of hydrogen-bond acceptors (Lipinski definition) is 4. The first-order valence-electron chi connectivity index (χ1n) is 12.7. The van der Waals surface area contributed by atoms with Gasteiger partial charge >= 0.3 is 5.97 Å². The van der Waals surface area contributed by atoms with Gasteiger partial charge in [-0.25, -0.2) is 0 Å². The fraction of sp³-hybridized carbons (Fsp3) is 0.419. The summed E-state index contributed by atoms with van der Waals surface area (Å²) in [5.41, 5.74) is 5.64. The monoisotopic (exact) mass is 491 g/mol. The van der Waals surface area contributed by atoms with Crippen molar-refractivity contribution in [3.8, 4) is 11.5 Å². The minimum Gasteiger partial charge on any atom is -0.493 e. The maximum absolute atomic E-state index is 12.5. The molecule has 0 fully saturated rings. The molecule has 1 amide bonds. The summed E-state index contributed by atoms with van der Waals surface area (Å²) in [6, 6.07) is 4.95. The van der Waals surface area contributed by atoms with Gasteiger partial charge in [0.25, 0.3) is 0 Å². The van der Waals surface area contributed by atoms with Gasteiger partial charge in [-0.1, -0.05) is 62.3 Å². The first-order chi connectivity index (χ1) is 17.1. The summed E-state index contributed by atoms with van der Waals surface area (Å²) in [5, 5.41) is 2.81. The third-order valence-electron chi connectivity index (χ3n) is 6.24. The third-order valence-corrected chi connectivity index (χ3v) is 6.24. The van der Waals surface area contributed by atoms with Crippen molar-refractivity contribution in [3.63, 3.8) is 0 Å². The van der Waals surface area contributed by atoms with E-state index < -0.39 is 0 Å². The number of ether oxygens (including phenoxy) is 2. The number of methoxy groups -OCH3 is 1. The Kier molecular flexibility index (Phi) is 11.0. The Morgan fingerprint density at radius 1 is 1.11 bits per heavy atom. The quantitative estimate of drug-likeness (QED) is 0.156. The van der Waals surface area contributed by atoms with Gasteiger partial charge in [0.05, 0.1) is 7.11 Å². The van der Waals surface area contributed by atoms with Crippen LogP contribution in [0.15, 0.2) is 76.9 Å². The lowest BCUT2D eigenvalue weighted by Gasteiger charge is -2.32. The number of rotatable bonds is 10. The van der Waals surface area contributed by atoms with E-state index in [9.17, 15) is 9.59 Å². The summed E-state index contributed by atoms with van der Waals surface area (Å²) in [5.74, 6) is 0.107. The van der Waals surface area contributed by atoms with E-state index in [4.69, 9.17) is 9.47 Å². The maximum Gasteiger partial charge on any atom is 0.311 e. The number of anilines is 1. The fourth-order valence-corrected chi connectivity index (χ4v) is 4.28. The van der Waals surface area contributed by atoms with Crippen LogP contribution >= 0.6 is 0 Å². The van der Waals surface area contributed by atoms with Crippen molar-refractivity contribution < 1.29 is 19.1 Å². The van der Waals surface area contributed by atoms with Gasteiger partial charge in [0.2, 0.25) is 5.91 Å². The van der Waals surface area contributed by atoms with E-state index in [-0.39, 0.29) is 23.0 Å². The molecule has 1 N–H and O–H groups in total. The summed E-state index contributed by atoms with van der Waals surface area (Å²) in [4.78, 5) is 24.4. The Balaban J connectivity index is 2.01. The molecule has 0 saturated heterocycles. The summed E-state index contributed by atoms with van der Waals surface area (Å²) >= 11 is 0. The molecule has 0 bridgehead atoms. The van der Waals surface area contributed by atoms with Gasteiger partial charge in [-0.3, -0.25) is 9.59 Å². The lowest BCUT2D eigenvalue weighted by Crippen LogP contribution is -2.19. The number of esters is 1. The Labute approximate surface area is 216 Å². The number of hydrogen-bond donors (Lipinski definition) is 1. The zero-order valence-electron chi connectivity index (χ0n) is 22.9. The second-order valence-corrected chi connectivity index (χ2v) is 10.0. The van der Waals surface area contributed by atoms with Gasteiger partial charge in [0.15, 0.2) is 11.5 Å². The van der Waals surface area contributed by atoms with Crippen LogP contribution in [-0.2, 0) is 9.59 Å².